The summed E-state index contributed by atoms with van der Waals surface area (Å²) < 4.78 is 28.7. The lowest BCUT2D eigenvalue weighted by Crippen LogP contribution is -2.39. The molecule has 1 aliphatic carbocycles. The SMILES string of the molecule is CC(c1ccc(OC(F)F)cc1)N(C)C1CCC(N)CC1. The van der Waals surface area contributed by atoms with Gasteiger partial charge in [-0.25, -0.2) is 0 Å². The van der Waals surface area contributed by atoms with E-state index in [0.717, 1.165) is 31.2 Å². The molecule has 1 aromatic rings. The summed E-state index contributed by atoms with van der Waals surface area (Å²) in [7, 11) is 2.12. The van der Waals surface area contributed by atoms with Crippen molar-refractivity contribution in [2.24, 2.45) is 5.73 Å². The molecular formula is C16H24F2N2O. The van der Waals surface area contributed by atoms with Crippen LogP contribution in [0.5, 0.6) is 5.75 Å². The van der Waals surface area contributed by atoms with Crippen molar-refractivity contribution in [3.05, 3.63) is 29.8 Å². The van der Waals surface area contributed by atoms with Gasteiger partial charge in [-0.2, -0.15) is 8.78 Å². The molecule has 0 amide bonds. The predicted octanol–water partition coefficient (Wildman–Crippen LogP) is 3.55. The normalized spacial score (nSPS) is 24.3. The summed E-state index contributed by atoms with van der Waals surface area (Å²) in [5.41, 5.74) is 7.05. The van der Waals surface area contributed by atoms with E-state index in [1.807, 2.05) is 12.1 Å². The Balaban J connectivity index is 1.96. The zero-order chi connectivity index (χ0) is 15.4. The van der Waals surface area contributed by atoms with Crippen LogP contribution in [0.15, 0.2) is 24.3 Å². The number of nitrogens with zero attached hydrogens (tertiary/aromatic N) is 1. The first-order valence-corrected chi connectivity index (χ1v) is 7.49. The van der Waals surface area contributed by atoms with Gasteiger partial charge in [0.2, 0.25) is 0 Å². The zero-order valence-electron chi connectivity index (χ0n) is 12.6. The molecule has 0 heterocycles. The van der Waals surface area contributed by atoms with Gasteiger partial charge in [-0.05, 0) is 57.4 Å². The quantitative estimate of drug-likeness (QED) is 0.903. The Bertz CT molecular complexity index is 430. The molecule has 5 heteroatoms. The second-order valence-corrected chi connectivity index (χ2v) is 5.86. The van der Waals surface area contributed by atoms with Crippen LogP contribution < -0.4 is 10.5 Å². The van der Waals surface area contributed by atoms with Crippen LogP contribution >= 0.6 is 0 Å². The molecule has 21 heavy (non-hydrogen) atoms. The van der Waals surface area contributed by atoms with Crippen molar-refractivity contribution >= 4 is 0 Å². The summed E-state index contributed by atoms with van der Waals surface area (Å²) in [6.45, 7) is -0.639. The van der Waals surface area contributed by atoms with E-state index in [2.05, 4.69) is 23.6 Å². The first-order chi connectivity index (χ1) is 9.97. The van der Waals surface area contributed by atoms with Crippen molar-refractivity contribution < 1.29 is 13.5 Å². The fraction of sp³-hybridized carbons (Fsp3) is 0.625. The summed E-state index contributed by atoms with van der Waals surface area (Å²) in [5.74, 6) is 0.201. The molecule has 0 spiro atoms. The van der Waals surface area contributed by atoms with Gasteiger partial charge >= 0.3 is 6.61 Å². The van der Waals surface area contributed by atoms with E-state index < -0.39 is 6.61 Å². The summed E-state index contributed by atoms with van der Waals surface area (Å²) in [5, 5.41) is 0. The van der Waals surface area contributed by atoms with Crippen molar-refractivity contribution in [2.45, 2.75) is 57.3 Å². The lowest BCUT2D eigenvalue weighted by molar-refractivity contribution is -0.0498. The van der Waals surface area contributed by atoms with Gasteiger partial charge in [0.05, 0.1) is 0 Å². The Morgan fingerprint density at radius 2 is 1.71 bits per heavy atom. The fourth-order valence-corrected chi connectivity index (χ4v) is 2.99. The van der Waals surface area contributed by atoms with Crippen molar-refractivity contribution in [2.75, 3.05) is 7.05 Å². The van der Waals surface area contributed by atoms with Crippen LogP contribution in [-0.2, 0) is 0 Å². The Morgan fingerprint density at radius 3 is 2.24 bits per heavy atom. The van der Waals surface area contributed by atoms with E-state index in [9.17, 15) is 8.78 Å². The van der Waals surface area contributed by atoms with Gasteiger partial charge in [0.25, 0.3) is 0 Å². The van der Waals surface area contributed by atoms with E-state index in [1.54, 1.807) is 12.1 Å². The number of hydrogen-bond acceptors (Lipinski definition) is 3. The second-order valence-electron chi connectivity index (χ2n) is 5.86. The van der Waals surface area contributed by atoms with Crippen LogP contribution in [0.3, 0.4) is 0 Å². The number of rotatable bonds is 5. The van der Waals surface area contributed by atoms with Crippen LogP contribution in [-0.4, -0.2) is 30.6 Å². The van der Waals surface area contributed by atoms with Gasteiger partial charge < -0.3 is 10.5 Å². The van der Waals surface area contributed by atoms with E-state index in [0.29, 0.717) is 12.1 Å². The van der Waals surface area contributed by atoms with Crippen molar-refractivity contribution in [3.8, 4) is 5.75 Å². The lowest BCUT2D eigenvalue weighted by Gasteiger charge is -2.37. The van der Waals surface area contributed by atoms with E-state index in [-0.39, 0.29) is 11.8 Å². The maximum atomic E-state index is 12.1. The second kappa shape index (κ2) is 7.18. The molecule has 2 rings (SSSR count). The van der Waals surface area contributed by atoms with Gasteiger partial charge in [0.1, 0.15) is 5.75 Å². The van der Waals surface area contributed by atoms with Gasteiger partial charge in [-0.3, -0.25) is 4.90 Å². The molecule has 0 aromatic heterocycles. The maximum absolute atomic E-state index is 12.1. The van der Waals surface area contributed by atoms with E-state index in [1.165, 1.54) is 0 Å². The summed E-state index contributed by atoms with van der Waals surface area (Å²) >= 11 is 0. The average Bonchev–Trinajstić information content (AvgIpc) is 2.47. The van der Waals surface area contributed by atoms with Crippen LogP contribution in [0.4, 0.5) is 8.78 Å². The molecule has 1 saturated carbocycles. The highest BCUT2D eigenvalue weighted by molar-refractivity contribution is 5.29. The largest absolute Gasteiger partial charge is 0.435 e. The van der Waals surface area contributed by atoms with Crippen molar-refractivity contribution in [3.63, 3.8) is 0 Å². The highest BCUT2D eigenvalue weighted by Crippen LogP contribution is 2.29. The first-order valence-electron chi connectivity index (χ1n) is 7.49. The highest BCUT2D eigenvalue weighted by atomic mass is 19.3. The standard InChI is InChI=1S/C16H24F2N2O/c1-11(20(2)14-7-5-13(19)6-8-14)12-3-9-15(10-4-12)21-16(17)18/h3-4,9-11,13-14,16H,5-8,19H2,1-2H3. The molecule has 1 unspecified atom stereocenters. The van der Waals surface area contributed by atoms with Crippen LogP contribution in [0, 0.1) is 0 Å². The molecule has 0 bridgehead atoms. The van der Waals surface area contributed by atoms with Crippen LogP contribution in [0.2, 0.25) is 0 Å². The summed E-state index contributed by atoms with van der Waals surface area (Å²) in [6, 6.07) is 8.03. The Kier molecular flexibility index (Phi) is 5.53. The molecule has 2 N–H and O–H groups in total. The lowest BCUT2D eigenvalue weighted by atomic mass is 9.90. The molecule has 118 valence electrons. The minimum Gasteiger partial charge on any atom is -0.435 e. The van der Waals surface area contributed by atoms with Crippen molar-refractivity contribution in [1.82, 2.24) is 4.90 Å². The Morgan fingerprint density at radius 1 is 1.14 bits per heavy atom. The first kappa shape index (κ1) is 16.2. The highest BCUT2D eigenvalue weighted by Gasteiger charge is 2.25. The fourth-order valence-electron chi connectivity index (χ4n) is 2.99. The molecule has 0 saturated heterocycles. The smallest absolute Gasteiger partial charge is 0.387 e. The van der Waals surface area contributed by atoms with Gasteiger partial charge in [-0.1, -0.05) is 12.1 Å². The minimum absolute atomic E-state index is 0.201. The average molecular weight is 298 g/mol. The van der Waals surface area contributed by atoms with E-state index in [4.69, 9.17) is 5.73 Å². The number of halogens is 2. The molecule has 3 nitrogen and oxygen atoms in total. The maximum Gasteiger partial charge on any atom is 0.387 e. The third-order valence-corrected chi connectivity index (χ3v) is 4.52. The topological polar surface area (TPSA) is 38.5 Å². The zero-order valence-corrected chi connectivity index (χ0v) is 12.6. The summed E-state index contributed by atoms with van der Waals surface area (Å²) in [4.78, 5) is 2.36. The summed E-state index contributed by atoms with van der Waals surface area (Å²) in [6.07, 6.45) is 4.38. The minimum atomic E-state index is -2.78. The third-order valence-electron chi connectivity index (χ3n) is 4.52. The molecule has 1 aromatic carbocycles. The van der Waals surface area contributed by atoms with Gasteiger partial charge in [0.15, 0.2) is 0 Å². The van der Waals surface area contributed by atoms with Crippen molar-refractivity contribution in [1.29, 1.82) is 0 Å². The molecule has 1 atom stereocenters. The van der Waals surface area contributed by atoms with Crippen LogP contribution in [0.1, 0.15) is 44.2 Å². The Hall–Kier alpha value is -1.20. The monoisotopic (exact) mass is 298 g/mol. The van der Waals surface area contributed by atoms with Crippen LogP contribution in [0.25, 0.3) is 0 Å². The number of ether oxygens (including phenoxy) is 1. The molecular weight excluding hydrogens is 274 g/mol. The van der Waals surface area contributed by atoms with Gasteiger partial charge in [0, 0.05) is 18.1 Å². The van der Waals surface area contributed by atoms with E-state index >= 15 is 0 Å². The molecule has 1 fully saturated rings. The molecule has 0 radical (unpaired) electrons. The number of nitrogens with two attached hydrogens (primary N) is 1. The number of alkyl halides is 2. The molecule has 0 aliphatic heterocycles. The molecule has 1 aliphatic rings. The number of benzene rings is 1. The number of hydrogen-bond donors (Lipinski definition) is 1. The van der Waals surface area contributed by atoms with Gasteiger partial charge in [-0.15, -0.1) is 0 Å². The Labute approximate surface area is 125 Å². The third kappa shape index (κ3) is 4.38. The predicted molar refractivity (Wildman–Crippen MR) is 79.5 cm³/mol.